The lowest BCUT2D eigenvalue weighted by molar-refractivity contribution is -0.0126. The largest absolute Gasteiger partial charge is 0.375 e. The van der Waals surface area contributed by atoms with E-state index in [0.717, 1.165) is 12.1 Å². The van der Waals surface area contributed by atoms with Crippen LogP contribution in [0.2, 0.25) is 0 Å². The van der Waals surface area contributed by atoms with Gasteiger partial charge in [-0.3, -0.25) is 9.89 Å². The van der Waals surface area contributed by atoms with Crippen LogP contribution in [0.3, 0.4) is 0 Å². The topological polar surface area (TPSA) is 58.2 Å². The fourth-order valence-corrected chi connectivity index (χ4v) is 1.82. The highest BCUT2D eigenvalue weighted by atomic mass is 16.5. The third kappa shape index (κ3) is 2.24. The zero-order valence-corrected chi connectivity index (χ0v) is 9.69. The van der Waals surface area contributed by atoms with Crippen molar-refractivity contribution in [2.45, 2.75) is 26.4 Å². The van der Waals surface area contributed by atoms with Crippen LogP contribution >= 0.6 is 0 Å². The van der Waals surface area contributed by atoms with Gasteiger partial charge in [0.2, 0.25) is 0 Å². The van der Waals surface area contributed by atoms with Gasteiger partial charge in [-0.2, -0.15) is 5.10 Å². The summed E-state index contributed by atoms with van der Waals surface area (Å²) in [6.45, 7) is 5.91. The number of carbonyl (C=O) groups excluding carboxylic acids is 1. The molecule has 1 saturated heterocycles. The van der Waals surface area contributed by atoms with Gasteiger partial charge in [0, 0.05) is 18.8 Å². The molecular weight excluding hydrogens is 206 g/mol. The molecule has 0 radical (unpaired) electrons. The van der Waals surface area contributed by atoms with Crippen LogP contribution in [-0.4, -0.2) is 46.8 Å². The molecule has 5 nitrogen and oxygen atoms in total. The van der Waals surface area contributed by atoms with Crippen molar-refractivity contribution in [2.24, 2.45) is 0 Å². The summed E-state index contributed by atoms with van der Waals surface area (Å²) in [5.41, 5.74) is 1.50. The summed E-state index contributed by atoms with van der Waals surface area (Å²) >= 11 is 0. The van der Waals surface area contributed by atoms with Gasteiger partial charge in [-0.25, -0.2) is 0 Å². The minimum atomic E-state index is -0.00824. The lowest BCUT2D eigenvalue weighted by Crippen LogP contribution is -2.44. The molecule has 0 aromatic carbocycles. The molecule has 2 heterocycles. The number of hydrogen-bond acceptors (Lipinski definition) is 3. The smallest absolute Gasteiger partial charge is 0.274 e. The number of carbonyl (C=O) groups is 1. The van der Waals surface area contributed by atoms with E-state index in [-0.39, 0.29) is 12.0 Å². The molecule has 1 aliphatic heterocycles. The number of nitrogens with zero attached hydrogens (tertiary/aromatic N) is 2. The van der Waals surface area contributed by atoms with E-state index in [1.807, 2.05) is 19.9 Å². The molecule has 1 fully saturated rings. The number of amides is 1. The first-order valence-electron chi connectivity index (χ1n) is 5.66. The second kappa shape index (κ2) is 4.65. The van der Waals surface area contributed by atoms with E-state index in [9.17, 15) is 4.79 Å². The van der Waals surface area contributed by atoms with Gasteiger partial charge in [-0.15, -0.1) is 0 Å². The maximum atomic E-state index is 12.1. The number of ether oxygens (including phenoxy) is 1. The van der Waals surface area contributed by atoms with Crippen molar-refractivity contribution in [3.63, 3.8) is 0 Å². The maximum absolute atomic E-state index is 12.1. The Morgan fingerprint density at radius 3 is 3.19 bits per heavy atom. The maximum Gasteiger partial charge on any atom is 0.274 e. The molecule has 0 spiro atoms. The Labute approximate surface area is 94.8 Å². The number of rotatable bonds is 2. The van der Waals surface area contributed by atoms with Crippen LogP contribution in [0.15, 0.2) is 6.07 Å². The van der Waals surface area contributed by atoms with Crippen LogP contribution < -0.4 is 0 Å². The predicted molar refractivity (Wildman–Crippen MR) is 59.3 cm³/mol. The Balaban J connectivity index is 2.06. The Hall–Kier alpha value is -1.36. The van der Waals surface area contributed by atoms with Gasteiger partial charge in [-0.1, -0.05) is 6.92 Å². The van der Waals surface area contributed by atoms with Crippen molar-refractivity contribution in [3.05, 3.63) is 17.5 Å². The van der Waals surface area contributed by atoms with Crippen LogP contribution in [0.4, 0.5) is 0 Å². The molecule has 1 unspecified atom stereocenters. The molecule has 0 bridgehead atoms. The predicted octanol–water partition coefficient (Wildman–Crippen LogP) is 0.833. The molecule has 1 amide bonds. The molecule has 0 saturated carbocycles. The second-order valence-electron chi connectivity index (χ2n) is 4.06. The zero-order valence-electron chi connectivity index (χ0n) is 9.69. The Morgan fingerprint density at radius 2 is 2.56 bits per heavy atom. The quantitative estimate of drug-likeness (QED) is 0.808. The van der Waals surface area contributed by atoms with E-state index in [1.165, 1.54) is 0 Å². The fourth-order valence-electron chi connectivity index (χ4n) is 1.82. The van der Waals surface area contributed by atoms with Crippen molar-refractivity contribution >= 4 is 5.91 Å². The molecule has 1 N–H and O–H groups in total. The van der Waals surface area contributed by atoms with Crippen LogP contribution in [0.5, 0.6) is 0 Å². The average Bonchev–Trinajstić information content (AvgIpc) is 2.76. The highest BCUT2D eigenvalue weighted by molar-refractivity contribution is 5.92. The number of morpholine rings is 1. The highest BCUT2D eigenvalue weighted by Crippen LogP contribution is 2.09. The van der Waals surface area contributed by atoms with Crippen LogP contribution in [-0.2, 0) is 11.2 Å². The summed E-state index contributed by atoms with van der Waals surface area (Å²) in [6, 6.07) is 1.82. The molecular formula is C11H17N3O2. The number of aromatic amines is 1. The third-order valence-corrected chi connectivity index (χ3v) is 2.76. The summed E-state index contributed by atoms with van der Waals surface area (Å²) in [5, 5.41) is 6.89. The highest BCUT2D eigenvalue weighted by Gasteiger charge is 2.23. The lowest BCUT2D eigenvalue weighted by Gasteiger charge is -2.30. The normalized spacial score (nSPS) is 21.1. The zero-order chi connectivity index (χ0) is 11.5. The minimum Gasteiger partial charge on any atom is -0.375 e. The van der Waals surface area contributed by atoms with E-state index >= 15 is 0 Å². The SMILES string of the molecule is CCc1cc(C(=O)N2CCOC(C)C2)n[nH]1. The van der Waals surface area contributed by atoms with Crippen molar-refractivity contribution in [2.75, 3.05) is 19.7 Å². The van der Waals surface area contributed by atoms with Gasteiger partial charge in [0.1, 0.15) is 5.69 Å². The molecule has 1 aromatic heterocycles. The van der Waals surface area contributed by atoms with E-state index in [1.54, 1.807) is 4.90 Å². The first-order chi connectivity index (χ1) is 7.70. The van der Waals surface area contributed by atoms with E-state index in [0.29, 0.717) is 25.4 Å². The van der Waals surface area contributed by atoms with E-state index in [2.05, 4.69) is 10.2 Å². The van der Waals surface area contributed by atoms with Gasteiger partial charge >= 0.3 is 0 Å². The van der Waals surface area contributed by atoms with Gasteiger partial charge in [0.15, 0.2) is 0 Å². The van der Waals surface area contributed by atoms with Crippen LogP contribution in [0.1, 0.15) is 30.0 Å². The first kappa shape index (κ1) is 11.1. The van der Waals surface area contributed by atoms with Gasteiger partial charge in [0.05, 0.1) is 12.7 Å². The van der Waals surface area contributed by atoms with Gasteiger partial charge < -0.3 is 9.64 Å². The van der Waals surface area contributed by atoms with Crippen molar-refractivity contribution in [1.29, 1.82) is 0 Å². The summed E-state index contributed by atoms with van der Waals surface area (Å²) < 4.78 is 5.40. The second-order valence-corrected chi connectivity index (χ2v) is 4.06. The molecule has 1 atom stereocenters. The number of hydrogen-bond donors (Lipinski definition) is 1. The van der Waals surface area contributed by atoms with E-state index < -0.39 is 0 Å². The molecule has 2 rings (SSSR count). The molecule has 5 heteroatoms. The van der Waals surface area contributed by atoms with Crippen molar-refractivity contribution in [3.8, 4) is 0 Å². The number of H-pyrrole nitrogens is 1. The lowest BCUT2D eigenvalue weighted by atomic mass is 10.2. The molecule has 1 aromatic rings. The summed E-state index contributed by atoms with van der Waals surface area (Å²) in [6.07, 6.45) is 0.974. The standard InChI is InChI=1S/C11H17N3O2/c1-3-9-6-10(13-12-9)11(15)14-4-5-16-8(2)7-14/h6,8H,3-5,7H2,1-2H3,(H,12,13). The number of nitrogens with one attached hydrogen (secondary N) is 1. The Bertz CT molecular complexity index is 375. The van der Waals surface area contributed by atoms with Crippen LogP contribution in [0.25, 0.3) is 0 Å². The minimum absolute atomic E-state index is 0.00824. The van der Waals surface area contributed by atoms with Gasteiger partial charge in [-0.05, 0) is 19.4 Å². The third-order valence-electron chi connectivity index (χ3n) is 2.76. The summed E-state index contributed by atoms with van der Waals surface area (Å²) in [7, 11) is 0. The average molecular weight is 223 g/mol. The first-order valence-corrected chi connectivity index (χ1v) is 5.66. The number of aromatic nitrogens is 2. The summed E-state index contributed by atoms with van der Waals surface area (Å²) in [4.78, 5) is 13.9. The van der Waals surface area contributed by atoms with Crippen molar-refractivity contribution in [1.82, 2.24) is 15.1 Å². The Kier molecular flexibility index (Phi) is 3.24. The molecule has 1 aliphatic rings. The van der Waals surface area contributed by atoms with Crippen molar-refractivity contribution < 1.29 is 9.53 Å². The van der Waals surface area contributed by atoms with Gasteiger partial charge in [0.25, 0.3) is 5.91 Å². The van der Waals surface area contributed by atoms with E-state index in [4.69, 9.17) is 4.74 Å². The fraction of sp³-hybridized carbons (Fsp3) is 0.636. The number of aryl methyl sites for hydroxylation is 1. The summed E-state index contributed by atoms with van der Waals surface area (Å²) in [5.74, 6) is -0.00824. The monoisotopic (exact) mass is 223 g/mol. The molecule has 88 valence electrons. The molecule has 0 aliphatic carbocycles. The van der Waals surface area contributed by atoms with Crippen LogP contribution in [0, 0.1) is 0 Å². The molecule has 16 heavy (non-hydrogen) atoms. The Morgan fingerprint density at radius 1 is 1.75 bits per heavy atom.